The van der Waals surface area contributed by atoms with E-state index in [2.05, 4.69) is 5.48 Å². The average molecular weight is 370 g/mol. The summed E-state index contributed by atoms with van der Waals surface area (Å²) < 4.78 is 0. The fourth-order valence-electron chi connectivity index (χ4n) is 3.17. The van der Waals surface area contributed by atoms with Gasteiger partial charge in [-0.3, -0.25) is 0 Å². The molecule has 0 spiro atoms. The minimum absolute atomic E-state index is 0. The standard InChI is InChI=1S/C22H22N2O2.Na.H/c23-16-17-24-26-21(25)22(18-10-4-1-5-11-18,19-12-6-2-7-13-19)20-14-8-3-9-15-20;;/h1-15,24H,16-17,23H2;;. The van der Waals surface area contributed by atoms with Crippen LogP contribution in [0.3, 0.4) is 0 Å². The Bertz CT molecular complexity index is 730. The molecule has 27 heavy (non-hydrogen) atoms. The van der Waals surface area contributed by atoms with Crippen molar-refractivity contribution in [2.75, 3.05) is 13.1 Å². The third-order valence-corrected chi connectivity index (χ3v) is 4.34. The molecule has 0 amide bonds. The van der Waals surface area contributed by atoms with Crippen LogP contribution in [0.5, 0.6) is 0 Å². The predicted octanol–water partition coefficient (Wildman–Crippen LogP) is 2.38. The first-order chi connectivity index (χ1) is 12.8. The topological polar surface area (TPSA) is 64.3 Å². The molecule has 134 valence electrons. The maximum absolute atomic E-state index is 13.4. The summed E-state index contributed by atoms with van der Waals surface area (Å²) in [5.41, 5.74) is 9.63. The third-order valence-electron chi connectivity index (χ3n) is 4.34. The Kier molecular flexibility index (Phi) is 8.23. The molecule has 0 atom stereocenters. The van der Waals surface area contributed by atoms with E-state index in [1.165, 1.54) is 0 Å². The van der Waals surface area contributed by atoms with E-state index in [9.17, 15) is 4.79 Å². The van der Waals surface area contributed by atoms with Crippen LogP contribution in [-0.4, -0.2) is 48.6 Å². The third kappa shape index (κ3) is 4.49. The minimum atomic E-state index is -1.08. The van der Waals surface area contributed by atoms with Crippen LogP contribution in [0.2, 0.25) is 0 Å². The Morgan fingerprint density at radius 3 is 1.48 bits per heavy atom. The van der Waals surface area contributed by atoms with E-state index in [0.29, 0.717) is 13.1 Å². The van der Waals surface area contributed by atoms with Crippen molar-refractivity contribution in [3.05, 3.63) is 108 Å². The molecule has 0 aliphatic rings. The Hall–Kier alpha value is -1.95. The first-order valence-electron chi connectivity index (χ1n) is 8.61. The zero-order valence-corrected chi connectivity index (χ0v) is 14.5. The molecule has 0 heterocycles. The summed E-state index contributed by atoms with van der Waals surface area (Å²) in [4.78, 5) is 18.9. The van der Waals surface area contributed by atoms with Gasteiger partial charge in [-0.05, 0) is 16.7 Å². The van der Waals surface area contributed by atoms with Gasteiger partial charge in [0.05, 0.1) is 0 Å². The summed E-state index contributed by atoms with van der Waals surface area (Å²) in [6.07, 6.45) is 0. The van der Waals surface area contributed by atoms with Crippen molar-refractivity contribution in [2.45, 2.75) is 5.41 Å². The summed E-state index contributed by atoms with van der Waals surface area (Å²) >= 11 is 0. The Morgan fingerprint density at radius 2 is 1.15 bits per heavy atom. The van der Waals surface area contributed by atoms with Gasteiger partial charge in [0, 0.05) is 13.1 Å². The molecule has 0 saturated carbocycles. The number of benzene rings is 3. The number of nitrogens with one attached hydrogen (secondary N) is 1. The second kappa shape index (κ2) is 10.4. The number of nitrogens with two attached hydrogens (primary N) is 1. The number of rotatable bonds is 7. The predicted molar refractivity (Wildman–Crippen MR) is 110 cm³/mol. The molecule has 0 unspecified atom stereocenters. The van der Waals surface area contributed by atoms with E-state index in [4.69, 9.17) is 10.6 Å². The number of hydroxylamine groups is 1. The molecule has 3 N–H and O–H groups in total. The average Bonchev–Trinajstić information content (AvgIpc) is 2.71. The molecular weight excluding hydrogens is 347 g/mol. The van der Waals surface area contributed by atoms with Gasteiger partial charge in [-0.25, -0.2) is 4.79 Å². The van der Waals surface area contributed by atoms with Crippen LogP contribution in [0, 0.1) is 0 Å². The second-order valence-electron chi connectivity index (χ2n) is 5.92. The normalized spacial score (nSPS) is 10.7. The zero-order chi connectivity index (χ0) is 18.2. The van der Waals surface area contributed by atoms with E-state index in [1.54, 1.807) is 0 Å². The van der Waals surface area contributed by atoms with E-state index in [1.807, 2.05) is 91.0 Å². The van der Waals surface area contributed by atoms with Crippen molar-refractivity contribution in [3.8, 4) is 0 Å². The van der Waals surface area contributed by atoms with Crippen molar-refractivity contribution in [1.29, 1.82) is 0 Å². The summed E-state index contributed by atoms with van der Waals surface area (Å²) in [7, 11) is 0. The van der Waals surface area contributed by atoms with Crippen LogP contribution in [0.4, 0.5) is 0 Å². The SMILES string of the molecule is NCCNOC(=O)C(c1ccccc1)(c1ccccc1)c1ccccc1.[NaH]. The van der Waals surface area contributed by atoms with Crippen molar-refractivity contribution in [3.63, 3.8) is 0 Å². The summed E-state index contributed by atoms with van der Waals surface area (Å²) in [5.74, 6) is -0.394. The molecule has 3 aromatic rings. The van der Waals surface area contributed by atoms with Crippen LogP contribution in [-0.2, 0) is 15.0 Å². The van der Waals surface area contributed by atoms with Gasteiger partial charge in [-0.1, -0.05) is 91.0 Å². The molecule has 3 aromatic carbocycles. The molecule has 3 rings (SSSR count). The van der Waals surface area contributed by atoms with Gasteiger partial charge < -0.3 is 10.6 Å². The van der Waals surface area contributed by atoms with E-state index < -0.39 is 11.4 Å². The molecule has 0 saturated heterocycles. The van der Waals surface area contributed by atoms with Crippen LogP contribution < -0.4 is 11.2 Å². The number of carbonyl (C=O) groups is 1. The summed E-state index contributed by atoms with van der Waals surface area (Å²) in [6.45, 7) is 0.766. The van der Waals surface area contributed by atoms with E-state index in [0.717, 1.165) is 16.7 Å². The molecule has 4 nitrogen and oxygen atoms in total. The van der Waals surface area contributed by atoms with Crippen molar-refractivity contribution >= 4 is 35.5 Å². The van der Waals surface area contributed by atoms with E-state index >= 15 is 0 Å². The van der Waals surface area contributed by atoms with Crippen LogP contribution in [0.25, 0.3) is 0 Å². The molecule has 0 aliphatic carbocycles. The zero-order valence-electron chi connectivity index (χ0n) is 14.5. The first kappa shape index (κ1) is 21.4. The molecule has 0 aliphatic heterocycles. The van der Waals surface area contributed by atoms with Gasteiger partial charge in [0.2, 0.25) is 0 Å². The Balaban J connectivity index is 0.00000261. The molecular formula is C22H23N2NaO2. The number of hydrogen-bond donors (Lipinski definition) is 2. The van der Waals surface area contributed by atoms with Gasteiger partial charge in [-0.15, -0.1) is 0 Å². The summed E-state index contributed by atoms with van der Waals surface area (Å²) in [6, 6.07) is 29.1. The number of carbonyl (C=O) groups excluding carboxylic acids is 1. The van der Waals surface area contributed by atoms with Gasteiger partial charge in [-0.2, -0.15) is 5.48 Å². The molecule has 0 fully saturated rings. The van der Waals surface area contributed by atoms with Crippen molar-refractivity contribution < 1.29 is 9.63 Å². The fourth-order valence-corrected chi connectivity index (χ4v) is 3.17. The maximum atomic E-state index is 13.4. The Labute approximate surface area is 182 Å². The fraction of sp³-hybridized carbons (Fsp3) is 0.136. The van der Waals surface area contributed by atoms with Crippen LogP contribution in [0.15, 0.2) is 91.0 Å². The van der Waals surface area contributed by atoms with Gasteiger partial charge >= 0.3 is 35.5 Å². The first-order valence-corrected chi connectivity index (χ1v) is 8.61. The van der Waals surface area contributed by atoms with Gasteiger partial charge in [0.15, 0.2) is 0 Å². The molecule has 5 heteroatoms. The van der Waals surface area contributed by atoms with Gasteiger partial charge in [0.25, 0.3) is 0 Å². The summed E-state index contributed by atoms with van der Waals surface area (Å²) in [5, 5.41) is 0. The van der Waals surface area contributed by atoms with Crippen molar-refractivity contribution in [2.24, 2.45) is 5.73 Å². The molecule has 0 radical (unpaired) electrons. The second-order valence-corrected chi connectivity index (χ2v) is 5.92. The molecule has 0 aromatic heterocycles. The molecule has 0 bridgehead atoms. The Morgan fingerprint density at radius 1 is 0.778 bits per heavy atom. The monoisotopic (exact) mass is 370 g/mol. The van der Waals surface area contributed by atoms with Crippen LogP contribution >= 0.6 is 0 Å². The van der Waals surface area contributed by atoms with E-state index in [-0.39, 0.29) is 29.6 Å². The quantitative estimate of drug-likeness (QED) is 0.290. The van der Waals surface area contributed by atoms with Crippen molar-refractivity contribution in [1.82, 2.24) is 5.48 Å². The van der Waals surface area contributed by atoms with Crippen LogP contribution in [0.1, 0.15) is 16.7 Å². The van der Waals surface area contributed by atoms with Gasteiger partial charge in [0.1, 0.15) is 5.41 Å². The number of hydrogen-bond acceptors (Lipinski definition) is 4.